The van der Waals surface area contributed by atoms with Gasteiger partial charge in [0.1, 0.15) is 0 Å². The van der Waals surface area contributed by atoms with Gasteiger partial charge in [0, 0.05) is 35.7 Å². The molecule has 5 nitrogen and oxygen atoms in total. The molecule has 1 heterocycles. The molecule has 1 N–H and O–H groups in total. The number of hydrogen-bond acceptors (Lipinski definition) is 4. The van der Waals surface area contributed by atoms with Gasteiger partial charge in [0.15, 0.2) is 0 Å². The van der Waals surface area contributed by atoms with E-state index in [1.54, 1.807) is 23.1 Å². The van der Waals surface area contributed by atoms with Crippen LogP contribution in [0.1, 0.15) is 16.8 Å². The number of nitrogens with zero attached hydrogens (tertiary/aromatic N) is 1. The van der Waals surface area contributed by atoms with Crippen LogP contribution in [0.4, 0.5) is 5.69 Å². The number of amides is 1. The molecule has 102 valence electrons. The van der Waals surface area contributed by atoms with Crippen LogP contribution in [0, 0.1) is 5.92 Å². The number of benzene rings is 1. The summed E-state index contributed by atoms with van der Waals surface area (Å²) < 4.78 is 5.24. The van der Waals surface area contributed by atoms with Crippen molar-refractivity contribution >= 4 is 33.5 Å². The number of halogens is 1. The molecule has 1 aliphatic heterocycles. The number of rotatable bonds is 3. The standard InChI is InChI=1S/C13H14BrNO4/c1-19-13(18)10-3-2-9(5-11(10)14)15-6-8(7-16)4-12(15)17/h2-3,5,8,16H,4,6-7H2,1H3. The van der Waals surface area contributed by atoms with E-state index in [-0.39, 0.29) is 18.4 Å². The van der Waals surface area contributed by atoms with E-state index < -0.39 is 5.97 Å². The summed E-state index contributed by atoms with van der Waals surface area (Å²) in [6.07, 6.45) is 0.354. The van der Waals surface area contributed by atoms with Crippen LogP contribution in [-0.4, -0.2) is 37.2 Å². The quantitative estimate of drug-likeness (QED) is 0.856. The molecule has 0 aromatic heterocycles. The monoisotopic (exact) mass is 327 g/mol. The first-order valence-corrected chi connectivity index (χ1v) is 6.65. The number of hydrogen-bond donors (Lipinski definition) is 1. The second-order valence-electron chi connectivity index (χ2n) is 4.41. The molecule has 6 heteroatoms. The zero-order valence-corrected chi connectivity index (χ0v) is 12.0. The number of aliphatic hydroxyl groups is 1. The van der Waals surface area contributed by atoms with E-state index in [0.29, 0.717) is 28.7 Å². The van der Waals surface area contributed by atoms with Crippen molar-refractivity contribution in [3.8, 4) is 0 Å². The third kappa shape index (κ3) is 2.79. The minimum Gasteiger partial charge on any atom is -0.465 e. The summed E-state index contributed by atoms with van der Waals surface area (Å²) in [7, 11) is 1.32. The lowest BCUT2D eigenvalue weighted by Gasteiger charge is -2.17. The molecule has 1 saturated heterocycles. The average molecular weight is 328 g/mol. The fraction of sp³-hybridized carbons (Fsp3) is 0.385. The predicted octanol–water partition coefficient (Wildman–Crippen LogP) is 1.58. The minimum atomic E-state index is -0.431. The second kappa shape index (κ2) is 5.71. The van der Waals surface area contributed by atoms with Gasteiger partial charge < -0.3 is 14.7 Å². The van der Waals surface area contributed by atoms with Crippen LogP contribution in [0.25, 0.3) is 0 Å². The molecular weight excluding hydrogens is 314 g/mol. The van der Waals surface area contributed by atoms with E-state index in [1.165, 1.54) is 7.11 Å². The summed E-state index contributed by atoms with van der Waals surface area (Å²) in [6, 6.07) is 5.03. The highest BCUT2D eigenvalue weighted by atomic mass is 79.9. The number of aliphatic hydroxyl groups excluding tert-OH is 1. The van der Waals surface area contributed by atoms with Crippen molar-refractivity contribution < 1.29 is 19.4 Å². The van der Waals surface area contributed by atoms with Crippen LogP contribution in [-0.2, 0) is 9.53 Å². The van der Waals surface area contributed by atoms with Crippen molar-refractivity contribution in [1.82, 2.24) is 0 Å². The highest BCUT2D eigenvalue weighted by molar-refractivity contribution is 9.10. The summed E-state index contributed by atoms with van der Waals surface area (Å²) in [4.78, 5) is 24.9. The van der Waals surface area contributed by atoms with Crippen LogP contribution >= 0.6 is 15.9 Å². The molecule has 1 amide bonds. The minimum absolute atomic E-state index is 0.00362. The Bertz CT molecular complexity index is 517. The molecule has 0 radical (unpaired) electrons. The summed E-state index contributed by atoms with van der Waals surface area (Å²) in [5.41, 5.74) is 1.12. The topological polar surface area (TPSA) is 66.8 Å². The largest absolute Gasteiger partial charge is 0.465 e. The molecule has 0 aliphatic carbocycles. The van der Waals surface area contributed by atoms with Gasteiger partial charge >= 0.3 is 5.97 Å². The third-order valence-corrected chi connectivity index (χ3v) is 3.79. The van der Waals surface area contributed by atoms with Crippen LogP contribution in [0.15, 0.2) is 22.7 Å². The van der Waals surface area contributed by atoms with Crippen molar-refractivity contribution in [3.05, 3.63) is 28.2 Å². The Hall–Kier alpha value is -1.40. The molecular formula is C13H14BrNO4. The molecule has 2 rings (SSSR count). The Labute approximate surface area is 119 Å². The molecule has 1 aromatic rings. The van der Waals surface area contributed by atoms with Crippen LogP contribution < -0.4 is 4.90 Å². The summed E-state index contributed by atoms with van der Waals surface area (Å²) >= 11 is 3.30. The zero-order chi connectivity index (χ0) is 14.0. The Kier molecular flexibility index (Phi) is 4.21. The molecule has 0 spiro atoms. The van der Waals surface area contributed by atoms with E-state index in [1.807, 2.05) is 0 Å². The lowest BCUT2D eigenvalue weighted by atomic mass is 10.1. The first kappa shape index (κ1) is 14.0. The van der Waals surface area contributed by atoms with Gasteiger partial charge in [-0.2, -0.15) is 0 Å². The lowest BCUT2D eigenvalue weighted by Crippen LogP contribution is -2.25. The van der Waals surface area contributed by atoms with Gasteiger partial charge in [-0.05, 0) is 34.1 Å². The van der Waals surface area contributed by atoms with Gasteiger partial charge in [-0.15, -0.1) is 0 Å². The molecule has 1 unspecified atom stereocenters. The van der Waals surface area contributed by atoms with Gasteiger partial charge in [0.2, 0.25) is 5.91 Å². The maximum Gasteiger partial charge on any atom is 0.339 e. The Morgan fingerprint density at radius 1 is 1.58 bits per heavy atom. The van der Waals surface area contributed by atoms with Gasteiger partial charge in [-0.1, -0.05) is 0 Å². The number of carbonyl (C=O) groups excluding carboxylic acids is 2. The van der Waals surface area contributed by atoms with Crippen LogP contribution in [0.5, 0.6) is 0 Å². The van der Waals surface area contributed by atoms with E-state index in [2.05, 4.69) is 20.7 Å². The molecule has 1 atom stereocenters. The first-order chi connectivity index (χ1) is 9.06. The molecule has 1 fully saturated rings. The third-order valence-electron chi connectivity index (χ3n) is 3.13. The highest BCUT2D eigenvalue weighted by Crippen LogP contribution is 2.29. The Balaban J connectivity index is 2.25. The number of anilines is 1. The predicted molar refractivity (Wildman–Crippen MR) is 73.0 cm³/mol. The molecule has 0 bridgehead atoms. The highest BCUT2D eigenvalue weighted by Gasteiger charge is 2.30. The van der Waals surface area contributed by atoms with Gasteiger partial charge in [-0.25, -0.2) is 4.79 Å². The lowest BCUT2D eigenvalue weighted by molar-refractivity contribution is -0.117. The van der Waals surface area contributed by atoms with Crippen molar-refractivity contribution in [1.29, 1.82) is 0 Å². The van der Waals surface area contributed by atoms with Crippen molar-refractivity contribution in [3.63, 3.8) is 0 Å². The second-order valence-corrected chi connectivity index (χ2v) is 5.27. The average Bonchev–Trinajstić information content (AvgIpc) is 2.79. The van der Waals surface area contributed by atoms with Crippen molar-refractivity contribution in [2.75, 3.05) is 25.2 Å². The van der Waals surface area contributed by atoms with Gasteiger partial charge in [0.25, 0.3) is 0 Å². The van der Waals surface area contributed by atoms with Crippen LogP contribution in [0.3, 0.4) is 0 Å². The smallest absolute Gasteiger partial charge is 0.339 e. The normalized spacial score (nSPS) is 18.8. The van der Waals surface area contributed by atoms with E-state index in [4.69, 9.17) is 5.11 Å². The summed E-state index contributed by atoms with van der Waals surface area (Å²) in [6.45, 7) is 0.503. The van der Waals surface area contributed by atoms with E-state index in [0.717, 1.165) is 0 Å². The fourth-order valence-electron chi connectivity index (χ4n) is 2.10. The fourth-order valence-corrected chi connectivity index (χ4v) is 2.63. The summed E-state index contributed by atoms with van der Waals surface area (Å²) in [5, 5.41) is 9.10. The van der Waals surface area contributed by atoms with E-state index >= 15 is 0 Å². The van der Waals surface area contributed by atoms with E-state index in [9.17, 15) is 9.59 Å². The van der Waals surface area contributed by atoms with Crippen LogP contribution in [0.2, 0.25) is 0 Å². The maximum absolute atomic E-state index is 11.8. The zero-order valence-electron chi connectivity index (χ0n) is 10.4. The SMILES string of the molecule is COC(=O)c1ccc(N2CC(CO)CC2=O)cc1Br. The Morgan fingerprint density at radius 3 is 2.84 bits per heavy atom. The Morgan fingerprint density at radius 2 is 2.32 bits per heavy atom. The summed E-state index contributed by atoms with van der Waals surface area (Å²) in [5.74, 6) is -0.470. The number of carbonyl (C=O) groups is 2. The molecule has 1 aromatic carbocycles. The molecule has 19 heavy (non-hydrogen) atoms. The maximum atomic E-state index is 11.8. The number of ether oxygens (including phenoxy) is 1. The van der Waals surface area contributed by atoms with Crippen molar-refractivity contribution in [2.24, 2.45) is 5.92 Å². The molecule has 1 aliphatic rings. The van der Waals surface area contributed by atoms with Gasteiger partial charge in [0.05, 0.1) is 12.7 Å². The first-order valence-electron chi connectivity index (χ1n) is 5.86. The number of methoxy groups -OCH3 is 1. The number of esters is 1. The molecule has 0 saturated carbocycles. The van der Waals surface area contributed by atoms with Crippen molar-refractivity contribution in [2.45, 2.75) is 6.42 Å². The van der Waals surface area contributed by atoms with Gasteiger partial charge in [-0.3, -0.25) is 4.79 Å².